The van der Waals surface area contributed by atoms with Gasteiger partial charge in [0.05, 0.1) is 17.6 Å². The van der Waals surface area contributed by atoms with Crippen molar-refractivity contribution in [2.24, 2.45) is 0 Å². The number of rotatable bonds is 5. The van der Waals surface area contributed by atoms with Crippen LogP contribution in [0.25, 0.3) is 0 Å². The lowest BCUT2D eigenvalue weighted by molar-refractivity contribution is -0.137. The highest BCUT2D eigenvalue weighted by Crippen LogP contribution is 2.21. The van der Waals surface area contributed by atoms with Crippen LogP contribution < -0.4 is 0 Å². The zero-order chi connectivity index (χ0) is 13.1. The normalized spacial score (nSPS) is 12.1. The van der Waals surface area contributed by atoms with Gasteiger partial charge in [-0.15, -0.1) is 11.3 Å². The first-order valence-electron chi connectivity index (χ1n) is 5.66. The van der Waals surface area contributed by atoms with Gasteiger partial charge < -0.3 is 5.11 Å². The molecule has 0 atom stereocenters. The largest absolute Gasteiger partial charge is 0.481 e. The van der Waals surface area contributed by atoms with Crippen LogP contribution in [0.1, 0.15) is 37.8 Å². The predicted molar refractivity (Wildman–Crippen MR) is 69.3 cm³/mol. The fourth-order valence-electron chi connectivity index (χ4n) is 1.53. The summed E-state index contributed by atoms with van der Waals surface area (Å²) in [6.07, 6.45) is 0.176. The molecule has 5 heteroatoms. The predicted octanol–water partition coefficient (Wildman–Crippen LogP) is 2.53. The molecule has 1 aromatic heterocycles. The number of thiazole rings is 1. The van der Waals surface area contributed by atoms with Crippen LogP contribution >= 0.6 is 11.3 Å². The summed E-state index contributed by atoms with van der Waals surface area (Å²) < 4.78 is 0. The molecule has 0 spiro atoms. The van der Waals surface area contributed by atoms with Crippen molar-refractivity contribution >= 4 is 17.3 Å². The maximum absolute atomic E-state index is 10.7. The fraction of sp³-hybridized carbons (Fsp3) is 0.667. The molecular formula is C12H20N2O2S. The molecule has 1 N–H and O–H groups in total. The Morgan fingerprint density at radius 1 is 1.53 bits per heavy atom. The fourth-order valence-corrected chi connectivity index (χ4v) is 2.33. The van der Waals surface area contributed by atoms with Crippen LogP contribution in [0.3, 0.4) is 0 Å². The van der Waals surface area contributed by atoms with E-state index in [4.69, 9.17) is 5.11 Å². The van der Waals surface area contributed by atoms with Gasteiger partial charge in [0, 0.05) is 23.5 Å². The van der Waals surface area contributed by atoms with Crippen LogP contribution in [0, 0.1) is 6.92 Å². The molecule has 0 fully saturated rings. The van der Waals surface area contributed by atoms with Gasteiger partial charge in [0.1, 0.15) is 0 Å². The molecule has 0 saturated carbocycles. The third kappa shape index (κ3) is 4.44. The maximum atomic E-state index is 10.7. The third-order valence-electron chi connectivity index (χ3n) is 2.72. The Morgan fingerprint density at radius 2 is 2.18 bits per heavy atom. The summed E-state index contributed by atoms with van der Waals surface area (Å²) in [5.74, 6) is -0.750. The lowest BCUT2D eigenvalue weighted by atomic mass is 10.1. The van der Waals surface area contributed by atoms with Crippen molar-refractivity contribution in [1.29, 1.82) is 0 Å². The first kappa shape index (κ1) is 14.1. The number of carbonyl (C=O) groups is 1. The Kier molecular flexibility index (Phi) is 4.65. The minimum atomic E-state index is -0.750. The smallest absolute Gasteiger partial charge is 0.304 e. The van der Waals surface area contributed by atoms with Gasteiger partial charge >= 0.3 is 5.97 Å². The Morgan fingerprint density at radius 3 is 2.59 bits per heavy atom. The van der Waals surface area contributed by atoms with E-state index in [-0.39, 0.29) is 12.0 Å². The van der Waals surface area contributed by atoms with Crippen molar-refractivity contribution in [3.63, 3.8) is 0 Å². The molecule has 1 rings (SSSR count). The number of carboxylic acid groups (broad SMARTS) is 1. The van der Waals surface area contributed by atoms with E-state index in [0.717, 1.165) is 12.2 Å². The number of aromatic nitrogens is 1. The van der Waals surface area contributed by atoms with Crippen molar-refractivity contribution in [1.82, 2.24) is 9.88 Å². The van der Waals surface area contributed by atoms with Crippen LogP contribution in [0.4, 0.5) is 0 Å². The molecule has 1 heterocycles. The second-order valence-corrected chi connectivity index (χ2v) is 6.04. The van der Waals surface area contributed by atoms with E-state index in [1.165, 1.54) is 4.88 Å². The van der Waals surface area contributed by atoms with Gasteiger partial charge in [-0.3, -0.25) is 9.69 Å². The number of carboxylic acids is 1. The third-order valence-corrected chi connectivity index (χ3v) is 3.64. The van der Waals surface area contributed by atoms with Crippen LogP contribution in [-0.4, -0.2) is 33.0 Å². The highest BCUT2D eigenvalue weighted by Gasteiger charge is 2.23. The van der Waals surface area contributed by atoms with Gasteiger partial charge in [0.25, 0.3) is 0 Å². The average molecular weight is 256 g/mol. The monoisotopic (exact) mass is 256 g/mol. The molecule has 0 aromatic carbocycles. The van der Waals surface area contributed by atoms with Gasteiger partial charge in [-0.2, -0.15) is 0 Å². The van der Waals surface area contributed by atoms with Crippen molar-refractivity contribution in [2.45, 2.75) is 46.2 Å². The minimum absolute atomic E-state index is 0.0358. The zero-order valence-electron chi connectivity index (χ0n) is 10.9. The van der Waals surface area contributed by atoms with Gasteiger partial charge in [0.15, 0.2) is 0 Å². The maximum Gasteiger partial charge on any atom is 0.304 e. The highest BCUT2D eigenvalue weighted by molar-refractivity contribution is 7.09. The molecule has 0 aliphatic rings. The Bertz CT molecular complexity index is 382. The summed E-state index contributed by atoms with van der Waals surface area (Å²) in [4.78, 5) is 18.3. The molecule has 1 aromatic rings. The van der Waals surface area contributed by atoms with Crippen LogP contribution in [0.2, 0.25) is 0 Å². The van der Waals surface area contributed by atoms with Crippen LogP contribution in [0.15, 0.2) is 5.51 Å². The molecule has 0 aliphatic carbocycles. The molecule has 4 nitrogen and oxygen atoms in total. The summed E-state index contributed by atoms with van der Waals surface area (Å²) in [7, 11) is 0. The van der Waals surface area contributed by atoms with E-state index in [1.807, 2.05) is 12.4 Å². The molecule has 0 saturated heterocycles. The average Bonchev–Trinajstić information content (AvgIpc) is 2.56. The number of hydrogen-bond acceptors (Lipinski definition) is 4. The molecule has 0 radical (unpaired) electrons. The minimum Gasteiger partial charge on any atom is -0.481 e. The molecule has 0 unspecified atom stereocenters. The molecular weight excluding hydrogens is 236 g/mol. The van der Waals surface area contributed by atoms with Crippen molar-refractivity contribution in [3.8, 4) is 0 Å². The quantitative estimate of drug-likeness (QED) is 0.879. The van der Waals surface area contributed by atoms with E-state index in [1.54, 1.807) is 11.3 Å². The number of aryl methyl sites for hydroxylation is 1. The standard InChI is InChI=1S/C12H20N2O2S/c1-9-10(17-8-13-9)7-14(12(2,3)4)6-5-11(15)16/h8H,5-7H2,1-4H3,(H,15,16). The van der Waals surface area contributed by atoms with Gasteiger partial charge in [-0.25, -0.2) is 4.98 Å². The van der Waals surface area contributed by atoms with E-state index >= 15 is 0 Å². The molecule has 96 valence electrons. The van der Waals surface area contributed by atoms with Crippen LogP contribution in [-0.2, 0) is 11.3 Å². The molecule has 0 bridgehead atoms. The van der Waals surface area contributed by atoms with E-state index in [2.05, 4.69) is 30.7 Å². The summed E-state index contributed by atoms with van der Waals surface area (Å²) in [6.45, 7) is 9.63. The Labute approximate surface area is 106 Å². The first-order valence-corrected chi connectivity index (χ1v) is 6.54. The van der Waals surface area contributed by atoms with Gasteiger partial charge in [-0.1, -0.05) is 0 Å². The molecule has 0 amide bonds. The number of aliphatic carboxylic acids is 1. The summed E-state index contributed by atoms with van der Waals surface area (Å²) in [5.41, 5.74) is 2.84. The SMILES string of the molecule is Cc1ncsc1CN(CCC(=O)O)C(C)(C)C. The molecule has 0 aliphatic heterocycles. The molecule has 17 heavy (non-hydrogen) atoms. The second kappa shape index (κ2) is 5.60. The van der Waals surface area contributed by atoms with Crippen molar-refractivity contribution in [3.05, 3.63) is 16.1 Å². The Balaban J connectivity index is 2.71. The first-order chi connectivity index (χ1) is 7.80. The summed E-state index contributed by atoms with van der Waals surface area (Å²) in [5, 5.41) is 8.77. The van der Waals surface area contributed by atoms with Crippen molar-refractivity contribution < 1.29 is 9.90 Å². The van der Waals surface area contributed by atoms with Gasteiger partial charge in [0.2, 0.25) is 0 Å². The zero-order valence-corrected chi connectivity index (χ0v) is 11.7. The van der Waals surface area contributed by atoms with E-state index in [0.29, 0.717) is 6.54 Å². The van der Waals surface area contributed by atoms with Gasteiger partial charge in [-0.05, 0) is 27.7 Å². The number of hydrogen-bond donors (Lipinski definition) is 1. The van der Waals surface area contributed by atoms with E-state index in [9.17, 15) is 4.79 Å². The summed E-state index contributed by atoms with van der Waals surface area (Å²) in [6, 6.07) is 0. The topological polar surface area (TPSA) is 53.4 Å². The van der Waals surface area contributed by atoms with Crippen molar-refractivity contribution in [2.75, 3.05) is 6.54 Å². The Hall–Kier alpha value is -0.940. The lowest BCUT2D eigenvalue weighted by Gasteiger charge is -2.35. The van der Waals surface area contributed by atoms with Crippen LogP contribution in [0.5, 0.6) is 0 Å². The number of nitrogens with zero attached hydrogens (tertiary/aromatic N) is 2. The van der Waals surface area contributed by atoms with E-state index < -0.39 is 5.97 Å². The summed E-state index contributed by atoms with van der Waals surface area (Å²) >= 11 is 1.63. The lowest BCUT2D eigenvalue weighted by Crippen LogP contribution is -2.41. The highest BCUT2D eigenvalue weighted by atomic mass is 32.1. The second-order valence-electron chi connectivity index (χ2n) is 5.10.